The van der Waals surface area contributed by atoms with E-state index in [2.05, 4.69) is 26.3 Å². The topological polar surface area (TPSA) is 94.1 Å². The van der Waals surface area contributed by atoms with Crippen molar-refractivity contribution in [2.24, 2.45) is 0 Å². The zero-order chi connectivity index (χ0) is 20.0. The number of carbonyl (C=O) groups is 1. The molecule has 1 aliphatic heterocycles. The zero-order valence-electron chi connectivity index (χ0n) is 16.7. The Hall–Kier alpha value is -2.67. The Morgan fingerprint density at radius 2 is 2.07 bits per heavy atom. The van der Waals surface area contributed by atoms with Crippen LogP contribution >= 0.6 is 0 Å². The number of aromatic amines is 1. The summed E-state index contributed by atoms with van der Waals surface area (Å²) in [6, 6.07) is 4.29. The maximum Gasteiger partial charge on any atom is 0.317 e. The summed E-state index contributed by atoms with van der Waals surface area (Å²) in [5, 5.41) is 15.6. The molecule has 5 rings (SSSR count). The number of pyridine rings is 2. The summed E-state index contributed by atoms with van der Waals surface area (Å²) in [6.45, 7) is 2.83. The van der Waals surface area contributed by atoms with Gasteiger partial charge < -0.3 is 20.3 Å². The van der Waals surface area contributed by atoms with E-state index in [1.165, 1.54) is 10.9 Å². The molecule has 1 aliphatic carbocycles. The quantitative estimate of drug-likeness (QED) is 0.623. The lowest BCUT2D eigenvalue weighted by Gasteiger charge is -2.30. The SMILES string of the molecule is CC1(O)CCN(C(=O)NC2CCC(c3cnc4ncc5[nH]cccc5c34)CC2)C1. The average Bonchev–Trinajstić information content (AvgIpc) is 3.32. The van der Waals surface area contributed by atoms with Crippen molar-refractivity contribution in [1.29, 1.82) is 0 Å². The molecule has 152 valence electrons. The van der Waals surface area contributed by atoms with E-state index in [1.807, 2.05) is 24.7 Å². The summed E-state index contributed by atoms with van der Waals surface area (Å²) in [6.07, 6.45) is 10.3. The minimum atomic E-state index is -0.755. The lowest BCUT2D eigenvalue weighted by Crippen LogP contribution is -2.46. The molecule has 0 radical (unpaired) electrons. The van der Waals surface area contributed by atoms with Crippen LogP contribution in [0.2, 0.25) is 0 Å². The number of hydrogen-bond donors (Lipinski definition) is 3. The monoisotopic (exact) mass is 393 g/mol. The molecule has 0 aromatic carbocycles. The molecule has 3 aromatic rings. The summed E-state index contributed by atoms with van der Waals surface area (Å²) in [4.78, 5) is 26.6. The van der Waals surface area contributed by atoms with Crippen LogP contribution in [0.1, 0.15) is 50.5 Å². The summed E-state index contributed by atoms with van der Waals surface area (Å²) >= 11 is 0. The van der Waals surface area contributed by atoms with E-state index in [0.29, 0.717) is 25.4 Å². The Morgan fingerprint density at radius 3 is 2.83 bits per heavy atom. The molecule has 1 saturated carbocycles. The first-order valence-corrected chi connectivity index (χ1v) is 10.5. The number of aliphatic hydroxyl groups is 1. The van der Waals surface area contributed by atoms with Gasteiger partial charge in [0.2, 0.25) is 0 Å². The Bertz CT molecular complexity index is 1050. The van der Waals surface area contributed by atoms with Crippen LogP contribution in [0.25, 0.3) is 21.9 Å². The van der Waals surface area contributed by atoms with Crippen molar-refractivity contribution in [3.63, 3.8) is 0 Å². The van der Waals surface area contributed by atoms with Crippen molar-refractivity contribution < 1.29 is 9.90 Å². The molecule has 1 atom stereocenters. The van der Waals surface area contributed by atoms with Gasteiger partial charge in [0.05, 0.1) is 23.9 Å². The molecule has 4 heterocycles. The number of fused-ring (bicyclic) bond motifs is 3. The highest BCUT2D eigenvalue weighted by molar-refractivity contribution is 6.05. The summed E-state index contributed by atoms with van der Waals surface area (Å²) in [5.74, 6) is 0.438. The second-order valence-corrected chi connectivity index (χ2v) is 8.83. The first kappa shape index (κ1) is 18.4. The van der Waals surface area contributed by atoms with E-state index in [4.69, 9.17) is 0 Å². The van der Waals surface area contributed by atoms with Crippen LogP contribution < -0.4 is 5.32 Å². The Kier molecular flexibility index (Phi) is 4.42. The number of likely N-dealkylation sites (tertiary alicyclic amines) is 1. The van der Waals surface area contributed by atoms with E-state index in [1.54, 1.807) is 11.8 Å². The second-order valence-electron chi connectivity index (χ2n) is 8.83. The predicted molar refractivity (Wildman–Crippen MR) is 112 cm³/mol. The normalized spacial score (nSPS) is 27.6. The number of hydrogen-bond acceptors (Lipinski definition) is 4. The number of urea groups is 1. The van der Waals surface area contributed by atoms with Gasteiger partial charge in [-0.15, -0.1) is 0 Å². The first-order chi connectivity index (χ1) is 14.0. The lowest BCUT2D eigenvalue weighted by molar-refractivity contribution is 0.0716. The third kappa shape index (κ3) is 3.44. The van der Waals surface area contributed by atoms with Crippen molar-refractivity contribution in [2.75, 3.05) is 13.1 Å². The number of nitrogens with one attached hydrogen (secondary N) is 2. The molecule has 7 heteroatoms. The average molecular weight is 393 g/mol. The molecule has 0 spiro atoms. The Morgan fingerprint density at radius 1 is 1.28 bits per heavy atom. The van der Waals surface area contributed by atoms with Gasteiger partial charge in [-0.1, -0.05) is 6.07 Å². The fraction of sp³-hybridized carbons (Fsp3) is 0.500. The van der Waals surface area contributed by atoms with E-state index < -0.39 is 5.60 Å². The maximum atomic E-state index is 12.5. The van der Waals surface area contributed by atoms with Crippen LogP contribution in [-0.2, 0) is 0 Å². The third-order valence-electron chi connectivity index (χ3n) is 6.55. The Balaban J connectivity index is 1.28. The molecular formula is C22H27N5O2. The minimum Gasteiger partial charge on any atom is -0.388 e. The van der Waals surface area contributed by atoms with Crippen LogP contribution in [-0.4, -0.2) is 55.7 Å². The molecule has 3 N–H and O–H groups in total. The smallest absolute Gasteiger partial charge is 0.317 e. The molecule has 7 nitrogen and oxygen atoms in total. The fourth-order valence-electron chi connectivity index (χ4n) is 4.91. The number of rotatable bonds is 2. The molecule has 29 heavy (non-hydrogen) atoms. The van der Waals surface area contributed by atoms with Crippen molar-refractivity contribution in [3.8, 4) is 0 Å². The molecule has 1 saturated heterocycles. The van der Waals surface area contributed by atoms with Gasteiger partial charge >= 0.3 is 6.03 Å². The maximum absolute atomic E-state index is 12.5. The highest BCUT2D eigenvalue weighted by Gasteiger charge is 2.35. The number of β-amino-alcohol motifs (C(OH)–C–C–N with tert-alkyl or cyclic N) is 1. The Labute approximate surface area is 169 Å². The number of amides is 2. The van der Waals surface area contributed by atoms with E-state index in [9.17, 15) is 9.90 Å². The molecule has 2 fully saturated rings. The predicted octanol–water partition coefficient (Wildman–Crippen LogP) is 3.30. The molecule has 2 aliphatic rings. The van der Waals surface area contributed by atoms with Gasteiger partial charge in [0.1, 0.15) is 0 Å². The summed E-state index contributed by atoms with van der Waals surface area (Å²) < 4.78 is 0. The molecule has 1 unspecified atom stereocenters. The van der Waals surface area contributed by atoms with Crippen LogP contribution in [0, 0.1) is 0 Å². The van der Waals surface area contributed by atoms with Crippen LogP contribution in [0.15, 0.2) is 30.7 Å². The van der Waals surface area contributed by atoms with Crippen molar-refractivity contribution in [1.82, 2.24) is 25.2 Å². The van der Waals surface area contributed by atoms with Gasteiger partial charge in [0.25, 0.3) is 0 Å². The highest BCUT2D eigenvalue weighted by atomic mass is 16.3. The van der Waals surface area contributed by atoms with Crippen molar-refractivity contribution in [3.05, 3.63) is 36.3 Å². The van der Waals surface area contributed by atoms with E-state index in [0.717, 1.165) is 42.2 Å². The van der Waals surface area contributed by atoms with Gasteiger partial charge in [-0.05, 0) is 56.6 Å². The van der Waals surface area contributed by atoms with Gasteiger partial charge in [-0.2, -0.15) is 0 Å². The van der Waals surface area contributed by atoms with Crippen LogP contribution in [0.5, 0.6) is 0 Å². The molecule has 0 bridgehead atoms. The summed E-state index contributed by atoms with van der Waals surface area (Å²) in [7, 11) is 0. The lowest BCUT2D eigenvalue weighted by atomic mass is 9.81. The number of carbonyl (C=O) groups excluding carboxylic acids is 1. The van der Waals surface area contributed by atoms with Crippen LogP contribution in [0.3, 0.4) is 0 Å². The summed E-state index contributed by atoms with van der Waals surface area (Å²) in [5.41, 5.74) is 2.35. The first-order valence-electron chi connectivity index (χ1n) is 10.5. The third-order valence-corrected chi connectivity index (χ3v) is 6.55. The van der Waals surface area contributed by atoms with Gasteiger partial charge in [0, 0.05) is 35.8 Å². The standard InChI is InChI=1S/C22H27N5O2/c1-22(29)8-10-27(13-22)21(28)26-15-6-4-14(5-7-15)17-11-24-20-19(17)16-3-2-9-23-18(16)12-25-20/h2-3,9,11-12,14-15,23,29H,4-8,10,13H2,1H3,(H,26,28). The highest BCUT2D eigenvalue weighted by Crippen LogP contribution is 2.38. The zero-order valence-corrected chi connectivity index (χ0v) is 16.7. The van der Waals surface area contributed by atoms with Gasteiger partial charge in [-0.25, -0.2) is 14.8 Å². The van der Waals surface area contributed by atoms with E-state index >= 15 is 0 Å². The second kappa shape index (κ2) is 6.99. The minimum absolute atomic E-state index is 0.0441. The van der Waals surface area contributed by atoms with Gasteiger partial charge in [-0.3, -0.25) is 0 Å². The number of aromatic nitrogens is 3. The van der Waals surface area contributed by atoms with Crippen molar-refractivity contribution >= 4 is 28.0 Å². The van der Waals surface area contributed by atoms with Gasteiger partial charge in [0.15, 0.2) is 5.65 Å². The number of H-pyrrole nitrogens is 1. The van der Waals surface area contributed by atoms with E-state index in [-0.39, 0.29) is 12.1 Å². The van der Waals surface area contributed by atoms with Crippen molar-refractivity contribution in [2.45, 2.75) is 56.6 Å². The largest absolute Gasteiger partial charge is 0.388 e. The molecular weight excluding hydrogens is 366 g/mol. The molecule has 3 aromatic heterocycles. The molecule has 2 amide bonds. The number of nitrogens with zero attached hydrogens (tertiary/aromatic N) is 3. The fourth-order valence-corrected chi connectivity index (χ4v) is 4.91. The van der Waals surface area contributed by atoms with Crippen LogP contribution in [0.4, 0.5) is 4.79 Å².